The number of phenolic OH excluding ortho intramolecular Hbond substituents is 1. The van der Waals surface area contributed by atoms with Crippen molar-refractivity contribution in [2.45, 2.75) is 6.54 Å². The smallest absolute Gasteiger partial charge is 0.243 e. The second kappa shape index (κ2) is 5.00. The molecule has 0 bridgehead atoms. The third-order valence-electron chi connectivity index (χ3n) is 2.90. The quantitative estimate of drug-likeness (QED) is 0.495. The van der Waals surface area contributed by atoms with Gasteiger partial charge in [-0.25, -0.2) is 4.98 Å². The Morgan fingerprint density at radius 1 is 1.05 bits per heavy atom. The van der Waals surface area contributed by atoms with E-state index in [4.69, 9.17) is 5.73 Å². The molecule has 6 nitrogen and oxygen atoms in total. The number of fused-ring (bicyclic) bond motifs is 1. The fourth-order valence-electron chi connectivity index (χ4n) is 1.88. The maximum Gasteiger partial charge on any atom is 0.243 e. The Balaban J connectivity index is 1.81. The molecule has 0 aliphatic carbocycles. The van der Waals surface area contributed by atoms with Crippen molar-refractivity contribution in [3.8, 4) is 5.75 Å². The molecule has 20 heavy (non-hydrogen) atoms. The highest BCUT2D eigenvalue weighted by atomic mass is 16.3. The summed E-state index contributed by atoms with van der Waals surface area (Å²) < 4.78 is 0. The summed E-state index contributed by atoms with van der Waals surface area (Å²) >= 11 is 0. The molecule has 1 aromatic heterocycles. The van der Waals surface area contributed by atoms with Crippen LogP contribution in [-0.4, -0.2) is 20.3 Å². The van der Waals surface area contributed by atoms with Gasteiger partial charge in [-0.05, 0) is 30.3 Å². The van der Waals surface area contributed by atoms with Crippen LogP contribution in [0.15, 0.2) is 42.5 Å². The number of phenols is 1. The van der Waals surface area contributed by atoms with Crippen LogP contribution in [0.5, 0.6) is 5.75 Å². The SMILES string of the molecule is Nc1ccc(O)c(CNc2nnc3ccccc3n2)c1. The maximum atomic E-state index is 9.73. The second-order valence-corrected chi connectivity index (χ2v) is 4.37. The molecule has 100 valence electrons. The Morgan fingerprint density at radius 2 is 1.85 bits per heavy atom. The summed E-state index contributed by atoms with van der Waals surface area (Å²) in [5.74, 6) is 0.589. The molecule has 4 N–H and O–H groups in total. The maximum absolute atomic E-state index is 9.73. The molecule has 6 heteroatoms. The van der Waals surface area contributed by atoms with E-state index in [1.807, 2.05) is 24.3 Å². The van der Waals surface area contributed by atoms with Crippen molar-refractivity contribution >= 4 is 22.7 Å². The molecule has 0 radical (unpaired) electrons. The summed E-state index contributed by atoms with van der Waals surface area (Å²) in [5, 5.41) is 20.8. The van der Waals surface area contributed by atoms with E-state index in [9.17, 15) is 5.11 Å². The number of anilines is 2. The normalized spacial score (nSPS) is 10.6. The van der Waals surface area contributed by atoms with Crippen LogP contribution in [0, 0.1) is 0 Å². The van der Waals surface area contributed by atoms with Crippen molar-refractivity contribution in [3.05, 3.63) is 48.0 Å². The van der Waals surface area contributed by atoms with Crippen molar-refractivity contribution in [2.75, 3.05) is 11.1 Å². The van der Waals surface area contributed by atoms with Gasteiger partial charge in [0.2, 0.25) is 5.95 Å². The van der Waals surface area contributed by atoms with Crippen molar-refractivity contribution in [1.29, 1.82) is 0 Å². The van der Waals surface area contributed by atoms with Gasteiger partial charge in [-0.3, -0.25) is 0 Å². The third-order valence-corrected chi connectivity index (χ3v) is 2.90. The van der Waals surface area contributed by atoms with E-state index < -0.39 is 0 Å². The van der Waals surface area contributed by atoms with Gasteiger partial charge < -0.3 is 16.2 Å². The molecule has 0 aliphatic rings. The minimum Gasteiger partial charge on any atom is -0.508 e. The summed E-state index contributed by atoms with van der Waals surface area (Å²) in [6.45, 7) is 0.372. The van der Waals surface area contributed by atoms with Crippen LogP contribution >= 0.6 is 0 Å². The van der Waals surface area contributed by atoms with Gasteiger partial charge in [0.25, 0.3) is 0 Å². The number of benzene rings is 2. The zero-order valence-corrected chi connectivity index (χ0v) is 10.6. The van der Waals surface area contributed by atoms with Crippen molar-refractivity contribution in [2.24, 2.45) is 0 Å². The predicted molar refractivity (Wildman–Crippen MR) is 77.2 cm³/mol. The van der Waals surface area contributed by atoms with E-state index in [0.717, 1.165) is 11.0 Å². The van der Waals surface area contributed by atoms with Crippen LogP contribution in [-0.2, 0) is 6.54 Å². The average Bonchev–Trinajstić information content (AvgIpc) is 2.48. The van der Waals surface area contributed by atoms with Crippen molar-refractivity contribution in [1.82, 2.24) is 15.2 Å². The number of nitrogens with one attached hydrogen (secondary N) is 1. The topological polar surface area (TPSA) is 97.0 Å². The van der Waals surface area contributed by atoms with Crippen LogP contribution in [0.3, 0.4) is 0 Å². The highest BCUT2D eigenvalue weighted by molar-refractivity contribution is 5.74. The molecule has 1 heterocycles. The lowest BCUT2D eigenvalue weighted by Gasteiger charge is -2.07. The van der Waals surface area contributed by atoms with Gasteiger partial charge in [0.15, 0.2) is 0 Å². The first kappa shape index (κ1) is 12.2. The summed E-state index contributed by atoms with van der Waals surface area (Å²) in [6, 6.07) is 12.4. The van der Waals surface area contributed by atoms with Gasteiger partial charge in [-0.1, -0.05) is 12.1 Å². The molecule has 0 aliphatic heterocycles. The molecule has 3 aromatic rings. The predicted octanol–water partition coefficient (Wildman–Crippen LogP) is 1.92. The Labute approximate surface area is 115 Å². The Hall–Kier alpha value is -2.89. The third kappa shape index (κ3) is 2.44. The monoisotopic (exact) mass is 267 g/mol. The van der Waals surface area contributed by atoms with E-state index in [1.54, 1.807) is 18.2 Å². The first-order valence-electron chi connectivity index (χ1n) is 6.13. The molecule has 0 fully saturated rings. The van der Waals surface area contributed by atoms with Gasteiger partial charge in [0.05, 0.1) is 5.52 Å². The van der Waals surface area contributed by atoms with Gasteiger partial charge in [-0.2, -0.15) is 0 Å². The number of nitrogen functional groups attached to an aromatic ring is 1. The Morgan fingerprint density at radius 3 is 2.70 bits per heavy atom. The zero-order valence-electron chi connectivity index (χ0n) is 10.6. The van der Waals surface area contributed by atoms with Crippen molar-refractivity contribution < 1.29 is 5.11 Å². The summed E-state index contributed by atoms with van der Waals surface area (Å²) in [6.07, 6.45) is 0. The molecule has 0 unspecified atom stereocenters. The van der Waals surface area contributed by atoms with E-state index >= 15 is 0 Å². The fraction of sp³-hybridized carbons (Fsp3) is 0.0714. The van der Waals surface area contributed by atoms with Crippen molar-refractivity contribution in [3.63, 3.8) is 0 Å². The number of rotatable bonds is 3. The lowest BCUT2D eigenvalue weighted by Crippen LogP contribution is -2.05. The number of nitrogens with zero attached hydrogens (tertiary/aromatic N) is 3. The number of nitrogens with two attached hydrogens (primary N) is 1. The van der Waals surface area contributed by atoms with Gasteiger partial charge in [-0.15, -0.1) is 10.2 Å². The molecule has 3 rings (SSSR count). The Kier molecular flexibility index (Phi) is 3.04. The van der Waals surface area contributed by atoms with Gasteiger partial charge >= 0.3 is 0 Å². The molecule has 0 saturated heterocycles. The number of hydrogen-bond acceptors (Lipinski definition) is 6. The van der Waals surface area contributed by atoms with Crippen LogP contribution in [0.4, 0.5) is 11.6 Å². The first-order chi connectivity index (χ1) is 9.72. The van der Waals surface area contributed by atoms with Crippen LogP contribution in [0.2, 0.25) is 0 Å². The van der Waals surface area contributed by atoms with Gasteiger partial charge in [0, 0.05) is 17.8 Å². The first-order valence-corrected chi connectivity index (χ1v) is 6.13. The number of aromatic hydroxyl groups is 1. The Bertz CT molecular complexity index is 759. The van der Waals surface area contributed by atoms with E-state index in [2.05, 4.69) is 20.5 Å². The number of hydrogen-bond donors (Lipinski definition) is 3. The molecule has 0 amide bonds. The van der Waals surface area contributed by atoms with E-state index in [1.165, 1.54) is 0 Å². The molecular weight excluding hydrogens is 254 g/mol. The van der Waals surface area contributed by atoms with E-state index in [0.29, 0.717) is 23.7 Å². The standard InChI is InChI=1S/C14H13N5O/c15-10-5-6-13(20)9(7-10)8-16-14-17-11-3-1-2-4-12(11)18-19-14/h1-7,20H,8,15H2,(H,16,17,19). The number of aromatic nitrogens is 3. The molecular formula is C14H13N5O. The minimum atomic E-state index is 0.181. The molecule has 0 saturated carbocycles. The summed E-state index contributed by atoms with van der Waals surface area (Å²) in [7, 11) is 0. The lowest BCUT2D eigenvalue weighted by atomic mass is 10.2. The summed E-state index contributed by atoms with van der Waals surface area (Å²) in [5.41, 5.74) is 8.47. The zero-order chi connectivity index (χ0) is 13.9. The summed E-state index contributed by atoms with van der Waals surface area (Å²) in [4.78, 5) is 4.34. The second-order valence-electron chi connectivity index (χ2n) is 4.37. The molecule has 0 spiro atoms. The average molecular weight is 267 g/mol. The fourth-order valence-corrected chi connectivity index (χ4v) is 1.88. The van der Waals surface area contributed by atoms with Crippen LogP contribution < -0.4 is 11.1 Å². The molecule has 2 aromatic carbocycles. The highest BCUT2D eigenvalue weighted by Crippen LogP contribution is 2.20. The van der Waals surface area contributed by atoms with Gasteiger partial charge in [0.1, 0.15) is 11.3 Å². The largest absolute Gasteiger partial charge is 0.508 e. The molecule has 0 atom stereocenters. The number of para-hydroxylation sites is 1. The minimum absolute atomic E-state index is 0.181. The van der Waals surface area contributed by atoms with Crippen LogP contribution in [0.25, 0.3) is 11.0 Å². The van der Waals surface area contributed by atoms with Crippen LogP contribution in [0.1, 0.15) is 5.56 Å². The lowest BCUT2D eigenvalue weighted by molar-refractivity contribution is 0.469. The van der Waals surface area contributed by atoms with E-state index in [-0.39, 0.29) is 5.75 Å². The highest BCUT2D eigenvalue weighted by Gasteiger charge is 2.04.